The SMILES string of the molecule is CC1CCc2[nH]c3ccc(C(=O)OC(C)C(=O)Nc4ccc([N+](=O)[O-])cc4C(F)(F)F)cc3c2C1. The second-order valence-electron chi connectivity index (χ2n) is 8.71. The van der Waals surface area contributed by atoms with Crippen molar-refractivity contribution in [3.8, 4) is 0 Å². The maximum Gasteiger partial charge on any atom is 0.418 e. The van der Waals surface area contributed by atoms with E-state index >= 15 is 0 Å². The van der Waals surface area contributed by atoms with Crippen LogP contribution in [-0.2, 0) is 28.5 Å². The maximum absolute atomic E-state index is 13.4. The number of aryl methyl sites for hydroxylation is 1. The molecule has 11 heteroatoms. The summed E-state index contributed by atoms with van der Waals surface area (Å²) in [5, 5.41) is 13.8. The molecule has 8 nitrogen and oxygen atoms in total. The molecule has 1 aliphatic carbocycles. The number of nitro benzene ring substituents is 1. The van der Waals surface area contributed by atoms with Crippen molar-refractivity contribution >= 4 is 34.2 Å². The van der Waals surface area contributed by atoms with E-state index < -0.39 is 46.0 Å². The summed E-state index contributed by atoms with van der Waals surface area (Å²) in [5.74, 6) is -1.29. The lowest BCUT2D eigenvalue weighted by molar-refractivity contribution is -0.385. The molecule has 1 amide bonds. The van der Waals surface area contributed by atoms with Gasteiger partial charge in [0.25, 0.3) is 11.6 Å². The summed E-state index contributed by atoms with van der Waals surface area (Å²) in [5.41, 5.74) is 0.567. The summed E-state index contributed by atoms with van der Waals surface area (Å²) in [6, 6.07) is 6.96. The number of amides is 1. The summed E-state index contributed by atoms with van der Waals surface area (Å²) < 4.78 is 45.3. The molecule has 0 spiro atoms. The molecule has 1 aliphatic rings. The van der Waals surface area contributed by atoms with E-state index in [0.29, 0.717) is 12.0 Å². The number of hydrogen-bond donors (Lipinski definition) is 2. The molecule has 4 rings (SSSR count). The maximum atomic E-state index is 13.4. The number of rotatable bonds is 5. The first-order valence-electron chi connectivity index (χ1n) is 10.9. The van der Waals surface area contributed by atoms with E-state index in [0.717, 1.165) is 53.6 Å². The largest absolute Gasteiger partial charge is 0.449 e. The molecule has 2 aromatic carbocycles. The molecule has 0 saturated carbocycles. The number of non-ortho nitro benzene ring substituents is 1. The predicted octanol–water partition coefficient (Wildman–Crippen LogP) is 5.40. The number of nitrogens with zero attached hydrogens (tertiary/aromatic N) is 1. The summed E-state index contributed by atoms with van der Waals surface area (Å²) in [7, 11) is 0. The van der Waals surface area contributed by atoms with Crippen molar-refractivity contribution in [3.63, 3.8) is 0 Å². The van der Waals surface area contributed by atoms with Gasteiger partial charge in [-0.05, 0) is 61.9 Å². The number of fused-ring (bicyclic) bond motifs is 3. The zero-order valence-corrected chi connectivity index (χ0v) is 18.9. The van der Waals surface area contributed by atoms with Crippen LogP contribution < -0.4 is 5.32 Å². The highest BCUT2D eigenvalue weighted by Gasteiger charge is 2.36. The van der Waals surface area contributed by atoms with Crippen molar-refractivity contribution < 1.29 is 32.4 Å². The molecular formula is C24H22F3N3O5. The van der Waals surface area contributed by atoms with Crippen LogP contribution in [0.2, 0.25) is 0 Å². The summed E-state index contributed by atoms with van der Waals surface area (Å²) in [6.45, 7) is 3.39. The zero-order valence-electron chi connectivity index (χ0n) is 18.9. The molecule has 0 saturated heterocycles. The van der Waals surface area contributed by atoms with E-state index in [2.05, 4.69) is 11.9 Å². The lowest BCUT2D eigenvalue weighted by Gasteiger charge is -2.18. The number of alkyl halides is 3. The quantitative estimate of drug-likeness (QED) is 0.283. The van der Waals surface area contributed by atoms with Gasteiger partial charge in [0.15, 0.2) is 6.10 Å². The smallest absolute Gasteiger partial charge is 0.418 e. The standard InChI is InChI=1S/C24H22F3N3O5/c1-12-3-6-19-16(9-12)17-10-14(4-7-20(17)28-19)23(32)35-13(2)22(31)29-21-8-5-15(30(33)34)11-18(21)24(25,26)27/h4-5,7-8,10-13,28H,3,6,9H2,1-2H3,(H,29,31). The number of aromatic nitrogens is 1. The molecule has 0 fully saturated rings. The van der Waals surface area contributed by atoms with Gasteiger partial charge in [0, 0.05) is 28.7 Å². The van der Waals surface area contributed by atoms with Gasteiger partial charge in [-0.1, -0.05) is 6.92 Å². The fourth-order valence-electron chi connectivity index (χ4n) is 4.22. The van der Waals surface area contributed by atoms with Gasteiger partial charge in [-0.3, -0.25) is 14.9 Å². The first-order chi connectivity index (χ1) is 16.4. The summed E-state index contributed by atoms with van der Waals surface area (Å²) >= 11 is 0. The molecule has 3 aromatic rings. The predicted molar refractivity (Wildman–Crippen MR) is 121 cm³/mol. The third-order valence-corrected chi connectivity index (χ3v) is 6.10. The molecule has 0 radical (unpaired) electrons. The van der Waals surface area contributed by atoms with E-state index in [-0.39, 0.29) is 5.56 Å². The molecule has 184 valence electrons. The normalized spacial score (nSPS) is 16.4. The number of anilines is 1. The topological polar surface area (TPSA) is 114 Å². The Labute approximate surface area is 197 Å². The minimum absolute atomic E-state index is 0.212. The first kappa shape index (κ1) is 24.2. The highest BCUT2D eigenvalue weighted by atomic mass is 19.4. The summed E-state index contributed by atoms with van der Waals surface area (Å²) in [6.07, 6.45) is -3.49. The Morgan fingerprint density at radius 3 is 2.66 bits per heavy atom. The number of hydrogen-bond acceptors (Lipinski definition) is 5. The van der Waals surface area contributed by atoms with Gasteiger partial charge < -0.3 is 15.0 Å². The Kier molecular flexibility index (Phi) is 6.27. The third-order valence-electron chi connectivity index (χ3n) is 6.10. The number of nitro groups is 1. The van der Waals surface area contributed by atoms with Gasteiger partial charge >= 0.3 is 12.1 Å². The van der Waals surface area contributed by atoms with Crippen LogP contribution in [0.25, 0.3) is 10.9 Å². The van der Waals surface area contributed by atoms with Crippen molar-refractivity contribution in [1.29, 1.82) is 0 Å². The monoisotopic (exact) mass is 489 g/mol. The van der Waals surface area contributed by atoms with Crippen LogP contribution in [0.5, 0.6) is 0 Å². The lowest BCUT2D eigenvalue weighted by Crippen LogP contribution is -2.30. The number of esters is 1. The van der Waals surface area contributed by atoms with Crippen LogP contribution in [-0.4, -0.2) is 27.9 Å². The zero-order chi connectivity index (χ0) is 25.5. The second-order valence-corrected chi connectivity index (χ2v) is 8.71. The number of nitrogens with one attached hydrogen (secondary N) is 2. The molecule has 0 aliphatic heterocycles. The Balaban J connectivity index is 1.50. The van der Waals surface area contributed by atoms with Crippen molar-refractivity contribution in [1.82, 2.24) is 4.98 Å². The minimum Gasteiger partial charge on any atom is -0.449 e. The van der Waals surface area contributed by atoms with Crippen molar-refractivity contribution in [2.24, 2.45) is 5.92 Å². The molecular weight excluding hydrogens is 467 g/mol. The molecule has 1 heterocycles. The van der Waals surface area contributed by atoms with Crippen LogP contribution in [0.15, 0.2) is 36.4 Å². The Bertz CT molecular complexity index is 1330. The third kappa shape index (κ3) is 4.98. The highest BCUT2D eigenvalue weighted by molar-refractivity contribution is 6.00. The Hall–Kier alpha value is -3.89. The van der Waals surface area contributed by atoms with Crippen LogP contribution in [0.1, 0.15) is 47.4 Å². The average molecular weight is 489 g/mol. The molecule has 0 bridgehead atoms. The van der Waals surface area contributed by atoms with Crippen molar-refractivity contribution in [2.75, 3.05) is 5.32 Å². The van der Waals surface area contributed by atoms with Crippen LogP contribution in [0.4, 0.5) is 24.5 Å². The van der Waals surface area contributed by atoms with Gasteiger partial charge in [0.05, 0.1) is 21.7 Å². The number of H-pyrrole nitrogens is 1. The number of benzene rings is 2. The van der Waals surface area contributed by atoms with Crippen molar-refractivity contribution in [3.05, 3.63) is 68.9 Å². The fraction of sp³-hybridized carbons (Fsp3) is 0.333. The van der Waals surface area contributed by atoms with Crippen molar-refractivity contribution in [2.45, 2.75) is 45.4 Å². The van der Waals surface area contributed by atoms with Gasteiger partial charge in [0.2, 0.25) is 0 Å². The number of ether oxygens (including phenoxy) is 1. The van der Waals surface area contributed by atoms with Crippen LogP contribution in [0.3, 0.4) is 0 Å². The number of aromatic amines is 1. The molecule has 2 atom stereocenters. The van der Waals surface area contributed by atoms with Crippen LogP contribution in [0, 0.1) is 16.0 Å². The van der Waals surface area contributed by atoms with Gasteiger partial charge in [-0.2, -0.15) is 13.2 Å². The Morgan fingerprint density at radius 2 is 1.97 bits per heavy atom. The molecule has 35 heavy (non-hydrogen) atoms. The van der Waals surface area contributed by atoms with E-state index in [1.165, 1.54) is 6.92 Å². The van der Waals surface area contributed by atoms with Crippen LogP contribution >= 0.6 is 0 Å². The number of carbonyl (C=O) groups is 2. The molecule has 1 aromatic heterocycles. The molecule has 2 N–H and O–H groups in total. The van der Waals surface area contributed by atoms with E-state index in [4.69, 9.17) is 4.74 Å². The second kappa shape index (κ2) is 9.05. The van der Waals surface area contributed by atoms with E-state index in [1.54, 1.807) is 18.2 Å². The number of halogens is 3. The van der Waals surface area contributed by atoms with E-state index in [1.807, 2.05) is 5.32 Å². The van der Waals surface area contributed by atoms with Gasteiger partial charge in [-0.25, -0.2) is 4.79 Å². The highest BCUT2D eigenvalue weighted by Crippen LogP contribution is 2.37. The fourth-order valence-corrected chi connectivity index (χ4v) is 4.22. The van der Waals surface area contributed by atoms with E-state index in [9.17, 15) is 32.9 Å². The first-order valence-corrected chi connectivity index (χ1v) is 10.9. The van der Waals surface area contributed by atoms with Gasteiger partial charge in [0.1, 0.15) is 0 Å². The Morgan fingerprint density at radius 1 is 1.23 bits per heavy atom. The number of carbonyl (C=O) groups excluding carboxylic acids is 2. The minimum atomic E-state index is -4.95. The average Bonchev–Trinajstić information content (AvgIpc) is 3.15. The van der Waals surface area contributed by atoms with Gasteiger partial charge in [-0.15, -0.1) is 0 Å². The summed E-state index contributed by atoms with van der Waals surface area (Å²) in [4.78, 5) is 38.4. The lowest BCUT2D eigenvalue weighted by atomic mass is 9.87. The molecule has 2 unspecified atom stereocenters.